The lowest BCUT2D eigenvalue weighted by molar-refractivity contribution is -0.127. The molecule has 2 saturated heterocycles. The van der Waals surface area contributed by atoms with Crippen LogP contribution in [0.5, 0.6) is 0 Å². The van der Waals surface area contributed by atoms with Gasteiger partial charge < -0.3 is 29.5 Å². The number of para-hydroxylation sites is 1. The minimum absolute atomic E-state index is 0.00736. The van der Waals surface area contributed by atoms with Crippen LogP contribution in [0.2, 0.25) is 0 Å². The maximum absolute atomic E-state index is 12.1. The van der Waals surface area contributed by atoms with Crippen molar-refractivity contribution >= 4 is 17.6 Å². The predicted molar refractivity (Wildman–Crippen MR) is 124 cm³/mol. The zero-order chi connectivity index (χ0) is 22.1. The van der Waals surface area contributed by atoms with Crippen LogP contribution in [0, 0.1) is 0 Å². The van der Waals surface area contributed by atoms with Gasteiger partial charge in [-0.15, -0.1) is 0 Å². The summed E-state index contributed by atoms with van der Waals surface area (Å²) in [4.78, 5) is 22.8. The van der Waals surface area contributed by atoms with Crippen molar-refractivity contribution in [2.24, 2.45) is 4.99 Å². The fraction of sp³-hybridized carbons (Fsp3) is 0.652. The van der Waals surface area contributed by atoms with Gasteiger partial charge in [0.2, 0.25) is 5.91 Å². The molecule has 31 heavy (non-hydrogen) atoms. The largest absolute Gasteiger partial charge is 0.375 e. The molecule has 2 atom stereocenters. The fourth-order valence-corrected chi connectivity index (χ4v) is 3.87. The highest BCUT2D eigenvalue weighted by molar-refractivity contribution is 5.85. The van der Waals surface area contributed by atoms with E-state index in [-0.39, 0.29) is 24.7 Å². The van der Waals surface area contributed by atoms with Crippen LogP contribution in [-0.4, -0.2) is 101 Å². The van der Waals surface area contributed by atoms with Crippen molar-refractivity contribution in [2.45, 2.75) is 31.5 Å². The first-order valence-corrected chi connectivity index (χ1v) is 11.3. The molecule has 2 aliphatic rings. The first-order valence-electron chi connectivity index (χ1n) is 11.3. The number of amides is 1. The van der Waals surface area contributed by atoms with Gasteiger partial charge >= 0.3 is 0 Å². The summed E-state index contributed by atoms with van der Waals surface area (Å²) in [5.74, 6) is 0.774. The lowest BCUT2D eigenvalue weighted by Gasteiger charge is -2.37. The molecule has 0 aliphatic carbocycles. The van der Waals surface area contributed by atoms with Gasteiger partial charge in [-0.25, -0.2) is 4.99 Å². The number of carbonyl (C=O) groups is 1. The van der Waals surface area contributed by atoms with Crippen molar-refractivity contribution in [2.75, 3.05) is 72.0 Å². The molecule has 8 heteroatoms. The van der Waals surface area contributed by atoms with Crippen molar-refractivity contribution in [1.29, 1.82) is 0 Å². The van der Waals surface area contributed by atoms with Crippen LogP contribution < -0.4 is 10.2 Å². The van der Waals surface area contributed by atoms with E-state index in [0.717, 1.165) is 58.0 Å². The smallest absolute Gasteiger partial charge is 0.243 e. The van der Waals surface area contributed by atoms with E-state index in [1.807, 2.05) is 6.07 Å². The predicted octanol–water partition coefficient (Wildman–Crippen LogP) is 1.43. The zero-order valence-electron chi connectivity index (χ0n) is 19.1. The van der Waals surface area contributed by atoms with E-state index in [0.29, 0.717) is 6.61 Å². The summed E-state index contributed by atoms with van der Waals surface area (Å²) in [6.45, 7) is 4.81. The molecule has 0 aromatic heterocycles. The number of likely N-dealkylation sites (N-methyl/N-ethyl adjacent to an activating group) is 1. The number of ether oxygens (including phenoxy) is 2. The molecular weight excluding hydrogens is 394 g/mol. The Morgan fingerprint density at radius 2 is 1.94 bits per heavy atom. The molecule has 1 N–H and O–H groups in total. The van der Waals surface area contributed by atoms with Crippen molar-refractivity contribution in [3.05, 3.63) is 30.3 Å². The molecule has 0 radical (unpaired) electrons. The summed E-state index contributed by atoms with van der Waals surface area (Å²) in [6.07, 6.45) is 3.31. The highest BCUT2D eigenvalue weighted by atomic mass is 16.5. The van der Waals surface area contributed by atoms with E-state index in [2.05, 4.69) is 51.4 Å². The summed E-state index contributed by atoms with van der Waals surface area (Å²) in [5, 5.41) is 3.48. The first kappa shape index (κ1) is 23.3. The number of nitrogens with zero attached hydrogens (tertiary/aromatic N) is 4. The van der Waals surface area contributed by atoms with Crippen LogP contribution in [0.15, 0.2) is 35.3 Å². The van der Waals surface area contributed by atoms with E-state index in [1.165, 1.54) is 5.69 Å². The zero-order valence-corrected chi connectivity index (χ0v) is 19.1. The van der Waals surface area contributed by atoms with Crippen LogP contribution in [-0.2, 0) is 14.3 Å². The van der Waals surface area contributed by atoms with Crippen LogP contribution in [0.3, 0.4) is 0 Å². The number of hydrogen-bond acceptors (Lipinski definition) is 5. The molecule has 0 bridgehead atoms. The Kier molecular flexibility index (Phi) is 8.97. The number of rotatable bonds is 8. The Hall–Kier alpha value is -2.32. The topological polar surface area (TPSA) is 69.6 Å². The first-order chi connectivity index (χ1) is 15.0. The number of aliphatic imine (C=N–C) groups is 1. The molecule has 2 fully saturated rings. The van der Waals surface area contributed by atoms with Crippen molar-refractivity contribution in [3.8, 4) is 0 Å². The Bertz CT molecular complexity index is 706. The van der Waals surface area contributed by atoms with Gasteiger partial charge in [-0.2, -0.15) is 0 Å². The quantitative estimate of drug-likeness (QED) is 0.382. The molecule has 2 heterocycles. The third-order valence-electron chi connectivity index (χ3n) is 5.79. The van der Waals surface area contributed by atoms with Crippen LogP contribution >= 0.6 is 0 Å². The second kappa shape index (κ2) is 11.9. The third kappa shape index (κ3) is 7.11. The summed E-state index contributed by atoms with van der Waals surface area (Å²) in [5.41, 5.74) is 1.21. The molecule has 1 aromatic rings. The lowest BCUT2D eigenvalue weighted by Crippen LogP contribution is -2.53. The Morgan fingerprint density at radius 3 is 2.65 bits per heavy atom. The van der Waals surface area contributed by atoms with Gasteiger partial charge in [0.05, 0.1) is 12.7 Å². The van der Waals surface area contributed by atoms with Gasteiger partial charge in [0.1, 0.15) is 12.6 Å². The van der Waals surface area contributed by atoms with Crippen LogP contribution in [0.4, 0.5) is 5.69 Å². The number of benzene rings is 1. The Morgan fingerprint density at radius 1 is 1.16 bits per heavy atom. The van der Waals surface area contributed by atoms with Gasteiger partial charge in [0, 0.05) is 59.6 Å². The number of nitrogens with one attached hydrogen (secondary N) is 1. The fourth-order valence-electron chi connectivity index (χ4n) is 3.87. The van der Waals surface area contributed by atoms with E-state index in [9.17, 15) is 4.79 Å². The Labute approximate surface area is 186 Å². The van der Waals surface area contributed by atoms with Crippen molar-refractivity contribution < 1.29 is 14.3 Å². The highest BCUT2D eigenvalue weighted by Gasteiger charge is 2.32. The highest BCUT2D eigenvalue weighted by Crippen LogP contribution is 2.21. The molecule has 1 aromatic carbocycles. The molecule has 172 valence electrons. The van der Waals surface area contributed by atoms with Crippen molar-refractivity contribution in [3.63, 3.8) is 0 Å². The van der Waals surface area contributed by atoms with E-state index in [4.69, 9.17) is 9.47 Å². The number of hydrogen-bond donors (Lipinski definition) is 1. The second-order valence-corrected chi connectivity index (χ2v) is 8.37. The molecule has 2 aliphatic heterocycles. The van der Waals surface area contributed by atoms with Crippen molar-refractivity contribution in [1.82, 2.24) is 15.1 Å². The molecular formula is C23H37N5O3. The van der Waals surface area contributed by atoms with Gasteiger partial charge in [0.15, 0.2) is 5.96 Å². The summed E-state index contributed by atoms with van der Waals surface area (Å²) >= 11 is 0. The number of carbonyl (C=O) groups excluding carboxylic acids is 1. The summed E-state index contributed by atoms with van der Waals surface area (Å²) < 4.78 is 11.8. The monoisotopic (exact) mass is 431 g/mol. The van der Waals surface area contributed by atoms with E-state index >= 15 is 0 Å². The molecule has 0 saturated carbocycles. The molecule has 2 unspecified atom stereocenters. The third-order valence-corrected chi connectivity index (χ3v) is 5.79. The SMILES string of the molecule is CN(C)C(=O)CN=C(NCCCN(C)c1ccccc1)N1CCOC(C2CCCO2)C1. The molecule has 8 nitrogen and oxygen atoms in total. The molecule has 3 rings (SSSR count). The lowest BCUT2D eigenvalue weighted by atomic mass is 10.1. The number of anilines is 1. The van der Waals surface area contributed by atoms with Gasteiger partial charge in [0.25, 0.3) is 0 Å². The standard InChI is InChI=1S/C23H37N5O3/c1-26(2)22(29)17-25-23(24-12-8-13-27(3)19-9-5-4-6-10-19)28-14-16-31-21(18-28)20-11-7-15-30-20/h4-6,9-10,20-21H,7-8,11-18H2,1-3H3,(H,24,25). The molecule has 1 amide bonds. The normalized spacial score (nSPS) is 21.8. The maximum atomic E-state index is 12.1. The van der Waals surface area contributed by atoms with Crippen LogP contribution in [0.25, 0.3) is 0 Å². The second-order valence-electron chi connectivity index (χ2n) is 8.37. The summed E-state index contributed by atoms with van der Waals surface area (Å²) in [6, 6.07) is 10.4. The summed E-state index contributed by atoms with van der Waals surface area (Å²) in [7, 11) is 5.62. The Balaban J connectivity index is 1.55. The van der Waals surface area contributed by atoms with E-state index in [1.54, 1.807) is 19.0 Å². The van der Waals surface area contributed by atoms with Gasteiger partial charge in [-0.1, -0.05) is 18.2 Å². The average molecular weight is 432 g/mol. The maximum Gasteiger partial charge on any atom is 0.243 e. The van der Waals surface area contributed by atoms with Gasteiger partial charge in [-0.05, 0) is 31.4 Å². The number of guanidine groups is 1. The van der Waals surface area contributed by atoms with E-state index < -0.39 is 0 Å². The average Bonchev–Trinajstić information content (AvgIpc) is 3.34. The molecule has 0 spiro atoms. The minimum Gasteiger partial charge on any atom is -0.375 e. The van der Waals surface area contributed by atoms with Crippen LogP contribution in [0.1, 0.15) is 19.3 Å². The minimum atomic E-state index is -0.00736. The van der Waals surface area contributed by atoms with Gasteiger partial charge in [-0.3, -0.25) is 4.79 Å². The number of morpholine rings is 1.